The molecule has 0 spiro atoms. The molecule has 12 heteroatoms. The number of carbonyl (C=O) groups excluding carboxylic acids is 3. The van der Waals surface area contributed by atoms with Gasteiger partial charge in [-0.15, -0.1) is 0 Å². The summed E-state index contributed by atoms with van der Waals surface area (Å²) in [5.74, 6) is -0.412. The molecule has 0 saturated carbocycles. The molecule has 1 aromatic carbocycles. The third kappa shape index (κ3) is 7.74. The number of hydrogen-bond acceptors (Lipinski definition) is 6. The minimum Gasteiger partial charge on any atom is -0.464 e. The van der Waals surface area contributed by atoms with Gasteiger partial charge in [0, 0.05) is 24.7 Å². The Balaban J connectivity index is 1.52. The molecule has 2 aromatic heterocycles. The van der Waals surface area contributed by atoms with E-state index >= 15 is 0 Å². The molecule has 4 rings (SSSR count). The summed E-state index contributed by atoms with van der Waals surface area (Å²) in [6.45, 7) is 5.52. The second-order valence-corrected chi connectivity index (χ2v) is 11.3. The maximum Gasteiger partial charge on any atom is 0.416 e. The van der Waals surface area contributed by atoms with E-state index in [1.165, 1.54) is 34.6 Å². The van der Waals surface area contributed by atoms with Crippen LogP contribution in [0.3, 0.4) is 0 Å². The van der Waals surface area contributed by atoms with E-state index in [4.69, 9.17) is 0 Å². The van der Waals surface area contributed by atoms with Crippen LogP contribution >= 0.6 is 0 Å². The molecule has 1 aliphatic heterocycles. The molecular weight excluding hydrogens is 566 g/mol. The number of aromatic nitrogens is 2. The Kier molecular flexibility index (Phi) is 10.6. The summed E-state index contributed by atoms with van der Waals surface area (Å²) in [7, 11) is 1.18. The van der Waals surface area contributed by atoms with Gasteiger partial charge in [-0.25, -0.2) is 14.2 Å². The number of amides is 3. The van der Waals surface area contributed by atoms with Crippen molar-refractivity contribution < 1.29 is 29.0 Å². The minimum absolute atomic E-state index is 0.0348. The van der Waals surface area contributed by atoms with Gasteiger partial charge < -0.3 is 29.9 Å². The van der Waals surface area contributed by atoms with Crippen LogP contribution in [0.2, 0.25) is 0 Å². The topological polar surface area (TPSA) is 152 Å². The van der Waals surface area contributed by atoms with E-state index in [9.17, 15) is 29.1 Å². The number of carboxylic acid groups (broad SMARTS) is 1. The highest BCUT2D eigenvalue weighted by molar-refractivity contribution is 5.96. The lowest BCUT2D eigenvalue weighted by molar-refractivity contribution is -0.125. The molecule has 3 heterocycles. The zero-order chi connectivity index (χ0) is 31.8. The monoisotopic (exact) mass is 605 g/mol. The first-order valence-corrected chi connectivity index (χ1v) is 14.7. The number of hydrogen-bond donors (Lipinski definition) is 3. The Hall–Kier alpha value is -4.87. The van der Waals surface area contributed by atoms with Gasteiger partial charge in [-0.3, -0.25) is 14.4 Å². The van der Waals surface area contributed by atoms with E-state index in [2.05, 4.69) is 29.2 Å². The number of nitrogens with one attached hydrogen (secondary N) is 2. The van der Waals surface area contributed by atoms with Crippen LogP contribution in [0, 0.1) is 5.92 Å². The minimum atomic E-state index is -1.16. The predicted octanol–water partition coefficient (Wildman–Crippen LogP) is 4.20. The van der Waals surface area contributed by atoms with Gasteiger partial charge in [0.15, 0.2) is 0 Å². The van der Waals surface area contributed by atoms with Gasteiger partial charge in [0.05, 0.1) is 24.9 Å². The van der Waals surface area contributed by atoms with Crippen molar-refractivity contribution in [3.05, 3.63) is 76.4 Å². The van der Waals surface area contributed by atoms with E-state index in [1.807, 2.05) is 18.2 Å². The van der Waals surface area contributed by atoms with Crippen molar-refractivity contribution in [1.82, 2.24) is 19.4 Å². The predicted molar refractivity (Wildman–Crippen MR) is 166 cm³/mol. The molecule has 3 N–H and O–H groups in total. The number of likely N-dealkylation sites (tertiary alicyclic amines) is 1. The SMILES string of the molecule is COC(=O)NC(CC/C=C/C(=O)N1CCCC1)C(=O)Nc1cccn(Cc2cc3cccc(CC(C)C)c3n2C(=O)O)c1=O. The summed E-state index contributed by atoms with van der Waals surface area (Å²) in [5.41, 5.74) is 1.31. The third-order valence-electron chi connectivity index (χ3n) is 7.51. The zero-order valence-electron chi connectivity index (χ0n) is 25.2. The summed E-state index contributed by atoms with van der Waals surface area (Å²) in [5, 5.41) is 15.9. The Labute approximate surface area is 255 Å². The molecule has 12 nitrogen and oxygen atoms in total. The standard InChI is InChI=1S/C32H39N5O7/c1-21(2)18-22-10-8-11-23-19-24(37(28(22)23)32(42)43)20-36-17-9-13-26(30(36)40)33-29(39)25(34-31(41)44-3)12-4-5-14-27(38)35-15-6-7-16-35/h5,8-11,13-14,17,19,21,25H,4,6-7,12,15-16,18,20H2,1-3H3,(H,33,39)(H,34,41)(H,42,43)/b14-5+. The number of benzene rings is 1. The van der Waals surface area contributed by atoms with Crippen LogP contribution in [-0.2, 0) is 27.3 Å². The summed E-state index contributed by atoms with van der Waals surface area (Å²) in [6, 6.07) is 9.36. The molecule has 3 aromatic rings. The molecule has 1 atom stereocenters. The summed E-state index contributed by atoms with van der Waals surface area (Å²) in [4.78, 5) is 64.9. The lowest BCUT2D eigenvalue weighted by Crippen LogP contribution is -2.44. The van der Waals surface area contributed by atoms with Crippen LogP contribution in [0.1, 0.15) is 50.8 Å². The Morgan fingerprint density at radius 3 is 2.52 bits per heavy atom. The smallest absolute Gasteiger partial charge is 0.416 e. The van der Waals surface area contributed by atoms with Gasteiger partial charge in [-0.2, -0.15) is 0 Å². The van der Waals surface area contributed by atoms with Crippen LogP contribution in [-0.4, -0.2) is 69.4 Å². The molecule has 3 amide bonds. The number of pyridine rings is 1. The first-order chi connectivity index (χ1) is 21.1. The van der Waals surface area contributed by atoms with Crippen LogP contribution in [0.25, 0.3) is 10.9 Å². The number of anilines is 1. The molecule has 1 unspecified atom stereocenters. The average molecular weight is 606 g/mol. The normalized spacial score (nSPS) is 13.9. The third-order valence-corrected chi connectivity index (χ3v) is 7.51. The van der Waals surface area contributed by atoms with Crippen molar-refractivity contribution in [3.63, 3.8) is 0 Å². The highest BCUT2D eigenvalue weighted by Crippen LogP contribution is 2.26. The van der Waals surface area contributed by atoms with E-state index in [1.54, 1.807) is 23.1 Å². The average Bonchev–Trinajstić information content (AvgIpc) is 3.65. The molecule has 1 aliphatic rings. The van der Waals surface area contributed by atoms with Crippen LogP contribution in [0.15, 0.2) is 59.5 Å². The molecule has 0 aliphatic carbocycles. The number of nitrogens with zero attached hydrogens (tertiary/aromatic N) is 3. The number of rotatable bonds is 11. The number of allylic oxidation sites excluding steroid dienone is 1. The van der Waals surface area contributed by atoms with Gasteiger partial charge >= 0.3 is 12.2 Å². The van der Waals surface area contributed by atoms with Gasteiger partial charge in [0.1, 0.15) is 11.7 Å². The first kappa shape index (κ1) is 32.1. The number of para-hydroxylation sites is 1. The summed E-state index contributed by atoms with van der Waals surface area (Å²) >= 11 is 0. The molecule has 234 valence electrons. The molecule has 0 radical (unpaired) electrons. The van der Waals surface area contributed by atoms with Crippen molar-refractivity contribution >= 4 is 40.6 Å². The second-order valence-electron chi connectivity index (χ2n) is 11.3. The lowest BCUT2D eigenvalue weighted by atomic mass is 10.0. The Bertz CT molecular complexity index is 1610. The number of methoxy groups -OCH3 is 1. The number of fused-ring (bicyclic) bond motifs is 1. The van der Waals surface area contributed by atoms with E-state index in [0.717, 1.165) is 36.9 Å². The molecule has 1 saturated heterocycles. The number of alkyl carbamates (subject to hydrolysis) is 1. The summed E-state index contributed by atoms with van der Waals surface area (Å²) < 4.78 is 7.19. The van der Waals surface area contributed by atoms with Gasteiger partial charge in [-0.1, -0.05) is 38.1 Å². The van der Waals surface area contributed by atoms with Gasteiger partial charge in [0.25, 0.3) is 5.56 Å². The maximum atomic E-state index is 13.4. The highest BCUT2D eigenvalue weighted by Gasteiger charge is 2.23. The zero-order valence-corrected chi connectivity index (χ0v) is 25.2. The van der Waals surface area contributed by atoms with Crippen LogP contribution in [0.5, 0.6) is 0 Å². The van der Waals surface area contributed by atoms with Crippen LogP contribution in [0.4, 0.5) is 15.3 Å². The largest absolute Gasteiger partial charge is 0.464 e. The van der Waals surface area contributed by atoms with Gasteiger partial charge in [0.2, 0.25) is 11.8 Å². The summed E-state index contributed by atoms with van der Waals surface area (Å²) in [6.07, 6.45) is 5.80. The van der Waals surface area contributed by atoms with E-state index in [0.29, 0.717) is 30.0 Å². The molecular formula is C32H39N5O7. The quantitative estimate of drug-likeness (QED) is 0.277. The fourth-order valence-corrected chi connectivity index (χ4v) is 5.44. The Morgan fingerprint density at radius 1 is 1.09 bits per heavy atom. The fraction of sp³-hybridized carbons (Fsp3) is 0.406. The van der Waals surface area contributed by atoms with Crippen molar-refractivity contribution in [2.45, 2.75) is 58.5 Å². The van der Waals surface area contributed by atoms with E-state index < -0.39 is 29.7 Å². The van der Waals surface area contributed by atoms with Crippen molar-refractivity contribution in [3.8, 4) is 0 Å². The molecule has 44 heavy (non-hydrogen) atoms. The van der Waals surface area contributed by atoms with Crippen molar-refractivity contribution in [1.29, 1.82) is 0 Å². The Morgan fingerprint density at radius 2 is 1.84 bits per heavy atom. The molecule has 1 fully saturated rings. The lowest BCUT2D eigenvalue weighted by Gasteiger charge is -2.17. The van der Waals surface area contributed by atoms with Crippen LogP contribution < -0.4 is 16.2 Å². The van der Waals surface area contributed by atoms with E-state index in [-0.39, 0.29) is 24.6 Å². The first-order valence-electron chi connectivity index (χ1n) is 14.7. The van der Waals surface area contributed by atoms with Gasteiger partial charge in [-0.05, 0) is 67.9 Å². The van der Waals surface area contributed by atoms with Crippen molar-refractivity contribution in [2.75, 3.05) is 25.5 Å². The second kappa shape index (κ2) is 14.5. The number of carbonyl (C=O) groups is 4. The fourth-order valence-electron chi connectivity index (χ4n) is 5.44. The highest BCUT2D eigenvalue weighted by atomic mass is 16.5. The maximum absolute atomic E-state index is 13.4. The van der Waals surface area contributed by atoms with Crippen molar-refractivity contribution in [2.24, 2.45) is 5.92 Å². The molecule has 0 bridgehead atoms. The number of ether oxygens (including phenoxy) is 1.